The molecule has 7 heteroatoms. The number of rotatable bonds is 5. The first-order valence-corrected chi connectivity index (χ1v) is 7.08. The highest BCUT2D eigenvalue weighted by Gasteiger charge is 2.20. The lowest BCUT2D eigenvalue weighted by molar-refractivity contribution is 0.0696. The number of aromatic carboxylic acids is 1. The second-order valence-corrected chi connectivity index (χ2v) is 5.57. The number of carboxylic acids is 1. The SMILES string of the molecule is CN(C)CCN1CCN(c2ncc(C(=O)O)cc2N)CC1. The van der Waals surface area contributed by atoms with Crippen molar-refractivity contribution in [2.24, 2.45) is 0 Å². The van der Waals surface area contributed by atoms with E-state index in [0.29, 0.717) is 11.5 Å². The Kier molecular flexibility index (Phi) is 4.98. The van der Waals surface area contributed by atoms with Crippen LogP contribution in [0.4, 0.5) is 11.5 Å². The first kappa shape index (κ1) is 15.5. The summed E-state index contributed by atoms with van der Waals surface area (Å²) in [6.45, 7) is 5.76. The number of nitrogens with zero attached hydrogens (tertiary/aromatic N) is 4. The lowest BCUT2D eigenvalue weighted by Gasteiger charge is -2.36. The molecule has 0 atom stereocenters. The second kappa shape index (κ2) is 6.73. The minimum Gasteiger partial charge on any atom is -0.478 e. The van der Waals surface area contributed by atoms with E-state index in [1.54, 1.807) is 0 Å². The van der Waals surface area contributed by atoms with Crippen molar-refractivity contribution in [1.29, 1.82) is 0 Å². The van der Waals surface area contributed by atoms with Gasteiger partial charge in [-0.3, -0.25) is 4.90 Å². The minimum absolute atomic E-state index is 0.126. The van der Waals surface area contributed by atoms with E-state index in [4.69, 9.17) is 10.8 Å². The summed E-state index contributed by atoms with van der Waals surface area (Å²) < 4.78 is 0. The van der Waals surface area contributed by atoms with Gasteiger partial charge in [0.15, 0.2) is 5.82 Å². The van der Waals surface area contributed by atoms with Crippen LogP contribution in [0.2, 0.25) is 0 Å². The van der Waals surface area contributed by atoms with Crippen LogP contribution < -0.4 is 10.6 Å². The normalized spacial score (nSPS) is 16.4. The molecular formula is C14H23N5O2. The highest BCUT2D eigenvalue weighted by atomic mass is 16.4. The maximum atomic E-state index is 10.9. The van der Waals surface area contributed by atoms with Crippen molar-refractivity contribution in [2.75, 3.05) is 64.0 Å². The van der Waals surface area contributed by atoms with Gasteiger partial charge in [0.05, 0.1) is 11.3 Å². The van der Waals surface area contributed by atoms with Gasteiger partial charge >= 0.3 is 5.97 Å². The zero-order valence-corrected chi connectivity index (χ0v) is 12.6. The monoisotopic (exact) mass is 293 g/mol. The molecule has 1 saturated heterocycles. The molecule has 1 aliphatic heterocycles. The third kappa shape index (κ3) is 4.05. The molecule has 0 unspecified atom stereocenters. The Morgan fingerprint density at radius 3 is 2.57 bits per heavy atom. The Balaban J connectivity index is 1.94. The molecule has 7 nitrogen and oxygen atoms in total. The Bertz CT molecular complexity index is 498. The number of pyridine rings is 1. The maximum Gasteiger partial charge on any atom is 0.337 e. The zero-order valence-electron chi connectivity index (χ0n) is 12.6. The highest BCUT2D eigenvalue weighted by Crippen LogP contribution is 2.22. The maximum absolute atomic E-state index is 10.9. The molecule has 3 N–H and O–H groups in total. The van der Waals surface area contributed by atoms with Crippen LogP contribution in [0.1, 0.15) is 10.4 Å². The Hall–Kier alpha value is -1.86. The molecule has 0 spiro atoms. The smallest absolute Gasteiger partial charge is 0.337 e. The number of aromatic nitrogens is 1. The van der Waals surface area contributed by atoms with Crippen molar-refractivity contribution in [3.63, 3.8) is 0 Å². The molecule has 2 rings (SSSR count). The van der Waals surface area contributed by atoms with Gasteiger partial charge in [-0.2, -0.15) is 0 Å². The van der Waals surface area contributed by atoms with E-state index in [2.05, 4.69) is 33.8 Å². The molecule has 0 amide bonds. The summed E-state index contributed by atoms with van der Waals surface area (Å²) in [7, 11) is 4.15. The van der Waals surface area contributed by atoms with Crippen LogP contribution in [0, 0.1) is 0 Å². The number of nitrogen functional groups attached to an aromatic ring is 1. The molecule has 0 radical (unpaired) electrons. The van der Waals surface area contributed by atoms with Gasteiger partial charge in [0.1, 0.15) is 0 Å². The van der Waals surface area contributed by atoms with Crippen LogP contribution in [-0.4, -0.2) is 79.2 Å². The van der Waals surface area contributed by atoms with Gasteiger partial charge in [-0.1, -0.05) is 0 Å². The summed E-state index contributed by atoms with van der Waals surface area (Å²) in [5, 5.41) is 8.93. The molecule has 0 saturated carbocycles. The molecule has 1 aliphatic rings. The Morgan fingerprint density at radius 1 is 1.38 bits per heavy atom. The van der Waals surface area contributed by atoms with E-state index in [0.717, 1.165) is 39.3 Å². The molecule has 1 aromatic heterocycles. The number of carboxylic acid groups (broad SMARTS) is 1. The third-order valence-electron chi connectivity index (χ3n) is 3.68. The topological polar surface area (TPSA) is 85.9 Å². The molecular weight excluding hydrogens is 270 g/mol. The standard InChI is InChI=1S/C14H23N5O2/c1-17(2)3-4-18-5-7-19(8-6-18)13-12(15)9-11(10-16-13)14(20)21/h9-10H,3-8,15H2,1-2H3,(H,20,21). The van der Waals surface area contributed by atoms with E-state index >= 15 is 0 Å². The van der Waals surface area contributed by atoms with Crippen molar-refractivity contribution in [1.82, 2.24) is 14.8 Å². The van der Waals surface area contributed by atoms with Crippen LogP contribution in [-0.2, 0) is 0 Å². The summed E-state index contributed by atoms with van der Waals surface area (Å²) in [6, 6.07) is 1.48. The first-order chi connectivity index (χ1) is 9.97. The number of anilines is 2. The van der Waals surface area contributed by atoms with Crippen molar-refractivity contribution >= 4 is 17.5 Å². The van der Waals surface area contributed by atoms with E-state index in [9.17, 15) is 4.79 Å². The van der Waals surface area contributed by atoms with Gasteiger partial charge in [-0.05, 0) is 20.2 Å². The summed E-state index contributed by atoms with van der Waals surface area (Å²) in [6.07, 6.45) is 1.37. The van der Waals surface area contributed by atoms with Crippen LogP contribution >= 0.6 is 0 Å². The first-order valence-electron chi connectivity index (χ1n) is 7.08. The number of piperazine rings is 1. The molecule has 21 heavy (non-hydrogen) atoms. The van der Waals surface area contributed by atoms with Crippen molar-refractivity contribution in [3.8, 4) is 0 Å². The second-order valence-electron chi connectivity index (χ2n) is 5.57. The van der Waals surface area contributed by atoms with Crippen molar-refractivity contribution in [2.45, 2.75) is 0 Å². The summed E-state index contributed by atoms with van der Waals surface area (Å²) in [5.41, 5.74) is 6.49. The third-order valence-corrected chi connectivity index (χ3v) is 3.68. The van der Waals surface area contributed by atoms with Crippen LogP contribution in [0.25, 0.3) is 0 Å². The fourth-order valence-electron chi connectivity index (χ4n) is 2.38. The van der Waals surface area contributed by atoms with Gasteiger partial charge < -0.3 is 20.6 Å². The zero-order chi connectivity index (χ0) is 15.4. The summed E-state index contributed by atoms with van der Waals surface area (Å²) >= 11 is 0. The molecule has 1 aromatic rings. The average Bonchev–Trinajstić information content (AvgIpc) is 2.45. The lowest BCUT2D eigenvalue weighted by atomic mass is 10.2. The van der Waals surface area contributed by atoms with Gasteiger partial charge in [0.2, 0.25) is 0 Å². The van der Waals surface area contributed by atoms with Crippen molar-refractivity contribution in [3.05, 3.63) is 17.8 Å². The van der Waals surface area contributed by atoms with Gasteiger partial charge in [-0.15, -0.1) is 0 Å². The van der Waals surface area contributed by atoms with E-state index in [1.165, 1.54) is 12.3 Å². The predicted octanol–water partition coefficient (Wildman–Crippen LogP) is 0.0456. The largest absolute Gasteiger partial charge is 0.478 e. The Morgan fingerprint density at radius 2 is 2.05 bits per heavy atom. The highest BCUT2D eigenvalue weighted by molar-refractivity contribution is 5.89. The fraction of sp³-hybridized carbons (Fsp3) is 0.571. The molecule has 0 bridgehead atoms. The van der Waals surface area contributed by atoms with E-state index < -0.39 is 5.97 Å². The molecule has 1 fully saturated rings. The summed E-state index contributed by atoms with van der Waals surface area (Å²) in [4.78, 5) is 21.8. The Labute approximate surface area is 125 Å². The van der Waals surface area contributed by atoms with Gasteiger partial charge in [0.25, 0.3) is 0 Å². The average molecular weight is 293 g/mol. The van der Waals surface area contributed by atoms with Crippen LogP contribution in [0.5, 0.6) is 0 Å². The number of nitrogens with two attached hydrogens (primary N) is 1. The van der Waals surface area contributed by atoms with Crippen molar-refractivity contribution < 1.29 is 9.90 Å². The van der Waals surface area contributed by atoms with E-state index in [-0.39, 0.29) is 5.56 Å². The number of hydrogen-bond acceptors (Lipinski definition) is 6. The van der Waals surface area contributed by atoms with Gasteiger partial charge in [0, 0.05) is 45.5 Å². The quantitative estimate of drug-likeness (QED) is 0.793. The molecule has 2 heterocycles. The lowest BCUT2D eigenvalue weighted by Crippen LogP contribution is -2.48. The molecule has 0 aromatic carbocycles. The molecule has 0 aliphatic carbocycles. The van der Waals surface area contributed by atoms with Crippen LogP contribution in [0.3, 0.4) is 0 Å². The number of hydrogen-bond donors (Lipinski definition) is 2. The molecule has 116 valence electrons. The van der Waals surface area contributed by atoms with Crippen LogP contribution in [0.15, 0.2) is 12.3 Å². The van der Waals surface area contributed by atoms with Gasteiger partial charge in [-0.25, -0.2) is 9.78 Å². The fourth-order valence-corrected chi connectivity index (χ4v) is 2.38. The minimum atomic E-state index is -1.01. The number of likely N-dealkylation sites (N-methyl/N-ethyl adjacent to an activating group) is 1. The summed E-state index contributed by atoms with van der Waals surface area (Å²) in [5.74, 6) is -0.318. The number of carbonyl (C=O) groups is 1. The predicted molar refractivity (Wildman–Crippen MR) is 82.8 cm³/mol. The van der Waals surface area contributed by atoms with E-state index in [1.807, 2.05) is 0 Å².